The Kier molecular flexibility index (Phi) is 10.3. The van der Waals surface area contributed by atoms with Crippen molar-refractivity contribution < 1.29 is 28.2 Å². The minimum atomic E-state index is -2.07. The zero-order valence-electron chi connectivity index (χ0n) is 18.3. The van der Waals surface area contributed by atoms with E-state index in [0.717, 1.165) is 17.6 Å². The van der Waals surface area contributed by atoms with Crippen molar-refractivity contribution in [3.63, 3.8) is 0 Å². The molecule has 0 heterocycles. The summed E-state index contributed by atoms with van der Waals surface area (Å²) in [5.41, 5.74) is 1.06. The van der Waals surface area contributed by atoms with E-state index in [1.54, 1.807) is 7.11 Å². The van der Waals surface area contributed by atoms with E-state index < -0.39 is 14.4 Å². The summed E-state index contributed by atoms with van der Waals surface area (Å²) >= 11 is 0. The third kappa shape index (κ3) is 8.01. The topological polar surface area (TPSA) is 63.2 Å². The van der Waals surface area contributed by atoms with E-state index in [0.29, 0.717) is 19.6 Å². The minimum absolute atomic E-state index is 0.0316. The Morgan fingerprint density at radius 3 is 2.25 bits per heavy atom. The molecule has 0 fully saturated rings. The van der Waals surface area contributed by atoms with E-state index in [2.05, 4.69) is 33.9 Å². The van der Waals surface area contributed by atoms with Crippen molar-refractivity contribution in [2.24, 2.45) is 0 Å². The summed E-state index contributed by atoms with van der Waals surface area (Å²) in [5.74, 6) is 0.815. The Bertz CT molecular complexity index is 567. The molecule has 0 aromatic heterocycles. The first kappa shape index (κ1) is 24.8. The summed E-state index contributed by atoms with van der Waals surface area (Å²) < 4.78 is 27.9. The molecule has 0 spiro atoms. The molecule has 0 radical (unpaired) electrons. The molecular weight excluding hydrogens is 376 g/mol. The lowest BCUT2D eigenvalue weighted by molar-refractivity contribution is -0.140. The number of carbonyl (C=O) groups is 1. The van der Waals surface area contributed by atoms with Crippen molar-refractivity contribution in [3.05, 3.63) is 29.8 Å². The Morgan fingerprint density at radius 2 is 1.75 bits per heavy atom. The van der Waals surface area contributed by atoms with E-state index in [4.69, 9.17) is 23.4 Å². The molecule has 1 rings (SSSR count). The molecule has 0 saturated heterocycles. The number of benzene rings is 1. The molecular formula is C21H36O6Si. The number of hydrogen-bond donors (Lipinski definition) is 0. The van der Waals surface area contributed by atoms with Gasteiger partial charge in [0, 0.05) is 13.7 Å². The van der Waals surface area contributed by atoms with E-state index in [9.17, 15) is 4.79 Å². The first-order chi connectivity index (χ1) is 13.1. The predicted octanol–water partition coefficient (Wildman–Crippen LogP) is 4.18. The molecule has 2 unspecified atom stereocenters. The maximum Gasteiger partial charge on any atom is 0.192 e. The highest BCUT2D eigenvalue weighted by Crippen LogP contribution is 2.38. The van der Waals surface area contributed by atoms with Gasteiger partial charge in [0.2, 0.25) is 0 Å². The molecule has 0 bridgehead atoms. The number of carbonyl (C=O) groups excluding carboxylic acids is 1. The largest absolute Gasteiger partial charge is 0.497 e. The number of methoxy groups -OCH3 is 2. The van der Waals surface area contributed by atoms with Crippen LogP contribution < -0.4 is 4.74 Å². The van der Waals surface area contributed by atoms with Gasteiger partial charge in [-0.25, -0.2) is 0 Å². The SMILES string of the molecule is COCOC(C=O)C(CCOCc1ccc(OC)cc1)O[Si](C)(C)C(C)(C)C. The van der Waals surface area contributed by atoms with E-state index >= 15 is 0 Å². The quantitative estimate of drug-likeness (QED) is 0.210. The molecule has 1 aromatic carbocycles. The van der Waals surface area contributed by atoms with Crippen LogP contribution in [0.4, 0.5) is 0 Å². The smallest absolute Gasteiger partial charge is 0.192 e. The second-order valence-corrected chi connectivity index (χ2v) is 13.0. The molecule has 7 heteroatoms. The molecule has 28 heavy (non-hydrogen) atoms. The van der Waals surface area contributed by atoms with Gasteiger partial charge in [0.05, 0.1) is 19.8 Å². The fourth-order valence-corrected chi connectivity index (χ4v) is 3.70. The summed E-state index contributed by atoms with van der Waals surface area (Å²) in [5, 5.41) is 0.0316. The fraction of sp³-hybridized carbons (Fsp3) is 0.667. The van der Waals surface area contributed by atoms with Gasteiger partial charge in [-0.2, -0.15) is 0 Å². The average molecular weight is 413 g/mol. The lowest BCUT2D eigenvalue weighted by Gasteiger charge is -2.40. The molecule has 2 atom stereocenters. The van der Waals surface area contributed by atoms with Crippen molar-refractivity contribution in [1.29, 1.82) is 0 Å². The van der Waals surface area contributed by atoms with Gasteiger partial charge in [0.1, 0.15) is 18.6 Å². The van der Waals surface area contributed by atoms with Gasteiger partial charge < -0.3 is 28.2 Å². The molecule has 1 aromatic rings. The Labute approximate surface area is 170 Å². The molecule has 0 amide bonds. The van der Waals surface area contributed by atoms with Gasteiger partial charge >= 0.3 is 0 Å². The van der Waals surface area contributed by atoms with Gasteiger partial charge in [0.25, 0.3) is 0 Å². The number of ether oxygens (including phenoxy) is 4. The van der Waals surface area contributed by atoms with Gasteiger partial charge in [-0.15, -0.1) is 0 Å². The lowest BCUT2D eigenvalue weighted by atomic mass is 10.1. The zero-order chi connectivity index (χ0) is 21.2. The maximum atomic E-state index is 11.6. The minimum Gasteiger partial charge on any atom is -0.497 e. The van der Waals surface area contributed by atoms with Gasteiger partial charge in [-0.05, 0) is 42.2 Å². The monoisotopic (exact) mass is 412 g/mol. The predicted molar refractivity (Wildman–Crippen MR) is 112 cm³/mol. The van der Waals surface area contributed by atoms with Crippen LogP contribution in [0.5, 0.6) is 5.75 Å². The van der Waals surface area contributed by atoms with Crippen molar-refractivity contribution >= 4 is 14.6 Å². The Balaban J connectivity index is 2.68. The van der Waals surface area contributed by atoms with Crippen LogP contribution in [-0.2, 0) is 30.0 Å². The summed E-state index contributed by atoms with van der Waals surface area (Å²) in [6.07, 6.45) is 0.305. The highest BCUT2D eigenvalue weighted by atomic mass is 28.4. The van der Waals surface area contributed by atoms with Gasteiger partial charge in [0.15, 0.2) is 14.6 Å². The molecule has 160 valence electrons. The van der Waals surface area contributed by atoms with Gasteiger partial charge in [-0.1, -0.05) is 32.9 Å². The van der Waals surface area contributed by atoms with Crippen LogP contribution in [0.3, 0.4) is 0 Å². The van der Waals surface area contributed by atoms with E-state index in [1.165, 1.54) is 7.11 Å². The summed E-state index contributed by atoms with van der Waals surface area (Å²) in [4.78, 5) is 11.6. The molecule has 0 aliphatic carbocycles. The zero-order valence-corrected chi connectivity index (χ0v) is 19.3. The number of rotatable bonds is 13. The fourth-order valence-electron chi connectivity index (χ4n) is 2.34. The maximum absolute atomic E-state index is 11.6. The lowest BCUT2D eigenvalue weighted by Crippen LogP contribution is -2.48. The van der Waals surface area contributed by atoms with Crippen LogP contribution in [0.2, 0.25) is 18.1 Å². The van der Waals surface area contributed by atoms with Crippen molar-refractivity contribution in [2.75, 3.05) is 27.6 Å². The summed E-state index contributed by atoms with van der Waals surface area (Å²) in [6.45, 7) is 11.8. The van der Waals surface area contributed by atoms with Crippen LogP contribution in [0.15, 0.2) is 24.3 Å². The first-order valence-corrected chi connectivity index (χ1v) is 12.5. The second-order valence-electron chi connectivity index (χ2n) is 8.28. The van der Waals surface area contributed by atoms with Crippen LogP contribution in [0, 0.1) is 0 Å². The Hall–Kier alpha value is -1.25. The third-order valence-electron chi connectivity index (χ3n) is 5.11. The van der Waals surface area contributed by atoms with Crippen molar-refractivity contribution in [1.82, 2.24) is 0 Å². The summed E-state index contributed by atoms with van der Waals surface area (Å²) in [6, 6.07) is 7.75. The second kappa shape index (κ2) is 11.7. The first-order valence-electron chi connectivity index (χ1n) is 9.59. The molecule has 0 N–H and O–H groups in total. The standard InChI is InChI=1S/C21H36O6Si/c1-21(2,3)28(6,7)27-19(20(14-22)26-16-23-4)12-13-25-15-17-8-10-18(24-5)11-9-17/h8-11,14,19-20H,12-13,15-16H2,1-7H3. The highest BCUT2D eigenvalue weighted by Gasteiger charge is 2.41. The van der Waals surface area contributed by atoms with Crippen LogP contribution in [-0.4, -0.2) is 54.4 Å². The number of aldehydes is 1. The van der Waals surface area contributed by atoms with Crippen LogP contribution >= 0.6 is 0 Å². The van der Waals surface area contributed by atoms with Crippen molar-refractivity contribution in [3.8, 4) is 5.75 Å². The normalized spacial score (nSPS) is 14.5. The Morgan fingerprint density at radius 1 is 1.11 bits per heavy atom. The molecule has 6 nitrogen and oxygen atoms in total. The van der Waals surface area contributed by atoms with Crippen LogP contribution in [0.1, 0.15) is 32.8 Å². The van der Waals surface area contributed by atoms with Gasteiger partial charge in [-0.3, -0.25) is 0 Å². The third-order valence-corrected chi connectivity index (χ3v) is 9.61. The highest BCUT2D eigenvalue weighted by molar-refractivity contribution is 6.74. The molecule has 0 saturated carbocycles. The molecule has 0 aliphatic heterocycles. The van der Waals surface area contributed by atoms with E-state index in [-0.39, 0.29) is 17.9 Å². The average Bonchev–Trinajstić information content (AvgIpc) is 2.64. The number of hydrogen-bond acceptors (Lipinski definition) is 6. The van der Waals surface area contributed by atoms with Crippen molar-refractivity contribution in [2.45, 2.75) is 64.1 Å². The summed E-state index contributed by atoms with van der Waals surface area (Å²) in [7, 11) is 1.10. The van der Waals surface area contributed by atoms with E-state index in [1.807, 2.05) is 24.3 Å². The van der Waals surface area contributed by atoms with Crippen LogP contribution in [0.25, 0.3) is 0 Å². The molecule has 0 aliphatic rings.